The Morgan fingerprint density at radius 1 is 0.345 bits per heavy atom. The van der Waals surface area contributed by atoms with Crippen molar-refractivity contribution in [3.63, 3.8) is 0 Å². The van der Waals surface area contributed by atoms with Crippen molar-refractivity contribution in [1.29, 1.82) is 0 Å². The lowest BCUT2D eigenvalue weighted by atomic mass is 9.83. The van der Waals surface area contributed by atoms with Gasteiger partial charge in [0.05, 0.1) is 33.4 Å². The monoisotopic (exact) mass is 724 g/mol. The molecule has 0 spiro atoms. The highest BCUT2D eigenvalue weighted by molar-refractivity contribution is 6.20. The first-order valence-electron chi connectivity index (χ1n) is 17.3. The molecule has 0 aliphatic rings. The number of hydrogen-bond acceptors (Lipinski definition) is 8. The van der Waals surface area contributed by atoms with Crippen LogP contribution in [0.25, 0.3) is 22.3 Å². The number of phenols is 4. The summed E-state index contributed by atoms with van der Waals surface area (Å²) in [6, 6.07) is 39.3. The molecule has 0 fully saturated rings. The Hall–Kier alpha value is -7.58. The van der Waals surface area contributed by atoms with Crippen molar-refractivity contribution in [2.24, 2.45) is 0 Å². The maximum absolute atomic E-state index is 14.0. The summed E-state index contributed by atoms with van der Waals surface area (Å²) in [5.41, 5.74) is -0.733. The van der Waals surface area contributed by atoms with Crippen molar-refractivity contribution >= 4 is 23.1 Å². The van der Waals surface area contributed by atoms with Crippen molar-refractivity contribution in [3.05, 3.63) is 202 Å². The van der Waals surface area contributed by atoms with Crippen molar-refractivity contribution in [2.45, 2.75) is 6.92 Å². The standard InChI is InChI=1S/C47H32O8/c1-27-15-14-24-32(38-44(52)33(40(48)28-16-6-2-7-17-28)25-34(45(38)53)41(49)29-18-8-3-9-19-29)37(27)39-46(54)35(42(50)30-20-10-4-11-21-30)26-36(47(39)55)43(51)31-22-12-5-13-23-31/h2-26,52-55H,1H3. The average Bonchev–Trinajstić information content (AvgIpc) is 3.22. The van der Waals surface area contributed by atoms with Gasteiger partial charge in [-0.05, 0) is 30.2 Å². The lowest BCUT2D eigenvalue weighted by Gasteiger charge is -2.22. The van der Waals surface area contributed by atoms with Crippen LogP contribution in [0.4, 0.5) is 0 Å². The SMILES string of the molecule is Cc1cccc(-c2c(O)c(C(=O)c3ccccc3)cc(C(=O)c3ccccc3)c2O)c1-c1c(O)c(C(=O)c2ccccc2)cc(C(=O)c2ccccc2)c1O. The zero-order valence-electron chi connectivity index (χ0n) is 29.4. The highest BCUT2D eigenvalue weighted by Gasteiger charge is 2.32. The largest absolute Gasteiger partial charge is 0.506 e. The van der Waals surface area contributed by atoms with E-state index >= 15 is 0 Å². The summed E-state index contributed by atoms with van der Waals surface area (Å²) in [7, 11) is 0. The van der Waals surface area contributed by atoms with E-state index in [1.54, 1.807) is 140 Å². The van der Waals surface area contributed by atoms with Crippen LogP contribution >= 0.6 is 0 Å². The first-order valence-corrected chi connectivity index (χ1v) is 17.3. The number of benzene rings is 7. The summed E-state index contributed by atoms with van der Waals surface area (Å²) in [5.74, 6) is -5.30. The lowest BCUT2D eigenvalue weighted by molar-refractivity contribution is 0.102. The first-order chi connectivity index (χ1) is 26.6. The van der Waals surface area contributed by atoms with E-state index < -0.39 is 46.1 Å². The minimum atomic E-state index is -0.682. The Morgan fingerprint density at radius 2 is 0.636 bits per heavy atom. The van der Waals surface area contributed by atoms with Gasteiger partial charge in [-0.15, -0.1) is 0 Å². The van der Waals surface area contributed by atoms with Gasteiger partial charge in [-0.3, -0.25) is 19.2 Å². The molecule has 0 atom stereocenters. The number of aromatic hydroxyl groups is 4. The van der Waals surface area contributed by atoms with Crippen LogP contribution in [-0.4, -0.2) is 43.6 Å². The molecule has 4 N–H and O–H groups in total. The van der Waals surface area contributed by atoms with Gasteiger partial charge >= 0.3 is 0 Å². The van der Waals surface area contributed by atoms with E-state index in [-0.39, 0.29) is 66.8 Å². The molecule has 7 rings (SSSR count). The lowest BCUT2D eigenvalue weighted by Crippen LogP contribution is -2.09. The van der Waals surface area contributed by atoms with E-state index in [4.69, 9.17) is 0 Å². The topological polar surface area (TPSA) is 149 Å². The molecule has 7 aromatic carbocycles. The van der Waals surface area contributed by atoms with Crippen molar-refractivity contribution < 1.29 is 39.6 Å². The summed E-state index contributed by atoms with van der Waals surface area (Å²) < 4.78 is 0. The second-order valence-corrected chi connectivity index (χ2v) is 12.9. The smallest absolute Gasteiger partial charge is 0.196 e. The zero-order valence-corrected chi connectivity index (χ0v) is 29.4. The highest BCUT2D eigenvalue weighted by Crippen LogP contribution is 2.52. The predicted molar refractivity (Wildman–Crippen MR) is 208 cm³/mol. The van der Waals surface area contributed by atoms with Gasteiger partial charge in [0.1, 0.15) is 23.0 Å². The van der Waals surface area contributed by atoms with Crippen molar-refractivity contribution in [1.82, 2.24) is 0 Å². The Morgan fingerprint density at radius 3 is 0.945 bits per heavy atom. The molecular formula is C47H32O8. The molecule has 0 aliphatic carbocycles. The number of carbonyl (C=O) groups excluding carboxylic acids is 4. The molecule has 55 heavy (non-hydrogen) atoms. The van der Waals surface area contributed by atoms with Crippen LogP contribution in [0.1, 0.15) is 69.2 Å². The summed E-state index contributed by atoms with van der Waals surface area (Å²) >= 11 is 0. The molecule has 0 amide bonds. The molecule has 268 valence electrons. The Balaban J connectivity index is 1.55. The van der Waals surface area contributed by atoms with E-state index in [0.29, 0.717) is 5.56 Å². The van der Waals surface area contributed by atoms with Gasteiger partial charge in [0.2, 0.25) is 0 Å². The van der Waals surface area contributed by atoms with E-state index in [1.807, 2.05) is 0 Å². The molecule has 0 aromatic heterocycles. The normalized spacial score (nSPS) is 10.9. The van der Waals surface area contributed by atoms with E-state index in [1.165, 1.54) is 6.07 Å². The van der Waals surface area contributed by atoms with Gasteiger partial charge in [-0.2, -0.15) is 0 Å². The summed E-state index contributed by atoms with van der Waals surface area (Å²) in [6.07, 6.45) is 0. The predicted octanol–water partition coefficient (Wildman–Crippen LogP) is 9.08. The number of carbonyl (C=O) groups is 4. The van der Waals surface area contributed by atoms with Gasteiger partial charge in [-0.1, -0.05) is 140 Å². The highest BCUT2D eigenvalue weighted by atomic mass is 16.3. The van der Waals surface area contributed by atoms with Crippen LogP contribution in [0.3, 0.4) is 0 Å². The number of ketones is 4. The molecule has 0 radical (unpaired) electrons. The van der Waals surface area contributed by atoms with Gasteiger partial charge < -0.3 is 20.4 Å². The third-order valence-corrected chi connectivity index (χ3v) is 9.46. The third kappa shape index (κ3) is 6.53. The van der Waals surface area contributed by atoms with E-state index in [2.05, 4.69) is 0 Å². The minimum absolute atomic E-state index is 0.00958. The zero-order chi connectivity index (χ0) is 38.8. The fraction of sp³-hybridized carbons (Fsp3) is 0.0213. The molecule has 8 nitrogen and oxygen atoms in total. The van der Waals surface area contributed by atoms with Gasteiger partial charge in [0.25, 0.3) is 0 Å². The molecule has 0 aliphatic heterocycles. The maximum atomic E-state index is 14.0. The van der Waals surface area contributed by atoms with Crippen LogP contribution in [0, 0.1) is 6.92 Å². The van der Waals surface area contributed by atoms with Crippen LogP contribution < -0.4 is 0 Å². The fourth-order valence-electron chi connectivity index (χ4n) is 6.70. The van der Waals surface area contributed by atoms with E-state index in [0.717, 1.165) is 12.1 Å². The number of hydrogen-bond donors (Lipinski definition) is 4. The first kappa shape index (κ1) is 35.8. The number of rotatable bonds is 10. The Labute approximate surface area is 315 Å². The average molecular weight is 725 g/mol. The third-order valence-electron chi connectivity index (χ3n) is 9.46. The minimum Gasteiger partial charge on any atom is -0.506 e. The summed E-state index contributed by atoms with van der Waals surface area (Å²) in [5, 5.41) is 48.0. The van der Waals surface area contributed by atoms with Gasteiger partial charge in [0.15, 0.2) is 23.1 Å². The molecule has 7 aromatic rings. The summed E-state index contributed by atoms with van der Waals surface area (Å²) in [4.78, 5) is 56.1. The van der Waals surface area contributed by atoms with Crippen LogP contribution in [0.2, 0.25) is 0 Å². The number of phenolic OH excluding ortho intramolecular Hbond substituents is 4. The second kappa shape index (κ2) is 14.8. The summed E-state index contributed by atoms with van der Waals surface area (Å²) in [6.45, 7) is 1.63. The molecule has 8 heteroatoms. The van der Waals surface area contributed by atoms with Gasteiger partial charge in [0, 0.05) is 27.8 Å². The molecular weight excluding hydrogens is 693 g/mol. The molecule has 0 saturated heterocycles. The number of aryl methyl sites for hydroxylation is 1. The van der Waals surface area contributed by atoms with Crippen LogP contribution in [-0.2, 0) is 0 Å². The molecule has 0 heterocycles. The Bertz CT molecular complexity index is 2480. The van der Waals surface area contributed by atoms with Gasteiger partial charge in [-0.25, -0.2) is 0 Å². The van der Waals surface area contributed by atoms with Crippen molar-refractivity contribution in [3.8, 4) is 45.3 Å². The molecule has 0 bridgehead atoms. The molecule has 0 saturated carbocycles. The van der Waals surface area contributed by atoms with Crippen LogP contribution in [0.5, 0.6) is 23.0 Å². The van der Waals surface area contributed by atoms with Crippen molar-refractivity contribution in [2.75, 3.05) is 0 Å². The fourth-order valence-corrected chi connectivity index (χ4v) is 6.70. The van der Waals surface area contributed by atoms with Crippen LogP contribution in [0.15, 0.2) is 152 Å². The quantitative estimate of drug-likeness (QED) is 0.102. The Kier molecular flexibility index (Phi) is 9.64. The molecule has 0 unspecified atom stereocenters. The maximum Gasteiger partial charge on any atom is 0.196 e. The van der Waals surface area contributed by atoms with E-state index in [9.17, 15) is 39.6 Å². The second-order valence-electron chi connectivity index (χ2n) is 12.9.